The number of hydrogen-bond acceptors (Lipinski definition) is 4. The molecule has 2 aromatic rings. The Hall–Kier alpha value is -1.81. The molecule has 2 N–H and O–H groups in total. The molecule has 0 unspecified atom stereocenters. The molecule has 0 aliphatic carbocycles. The number of ether oxygens (including phenoxy) is 1. The largest absolute Gasteiger partial charge is 0.494 e. The highest BCUT2D eigenvalue weighted by Crippen LogP contribution is 2.31. The lowest BCUT2D eigenvalue weighted by atomic mass is 10.1. The van der Waals surface area contributed by atoms with Crippen LogP contribution in [0.2, 0.25) is 0 Å². The van der Waals surface area contributed by atoms with Crippen molar-refractivity contribution in [2.75, 3.05) is 32.6 Å². The molecule has 0 aliphatic heterocycles. The van der Waals surface area contributed by atoms with E-state index in [1.807, 2.05) is 26.2 Å². The van der Waals surface area contributed by atoms with Crippen molar-refractivity contribution < 1.29 is 4.74 Å². The smallest absolute Gasteiger partial charge is 0.145 e. The number of methoxy groups -OCH3 is 1. The summed E-state index contributed by atoms with van der Waals surface area (Å²) < 4.78 is 5.38. The highest BCUT2D eigenvalue weighted by atomic mass is 16.5. The molecule has 4 heteroatoms. The molecule has 1 aromatic heterocycles. The minimum Gasteiger partial charge on any atom is -0.494 e. The van der Waals surface area contributed by atoms with E-state index in [1.165, 1.54) is 0 Å². The Labute approximate surface area is 107 Å². The second-order valence-electron chi connectivity index (χ2n) is 4.42. The molecular weight excluding hydrogens is 226 g/mol. The van der Waals surface area contributed by atoms with Crippen molar-refractivity contribution in [1.82, 2.24) is 4.98 Å². The molecule has 0 bridgehead atoms. The molecule has 0 saturated carbocycles. The van der Waals surface area contributed by atoms with Gasteiger partial charge in [0.15, 0.2) is 0 Å². The van der Waals surface area contributed by atoms with Gasteiger partial charge in [-0.05, 0) is 18.7 Å². The summed E-state index contributed by atoms with van der Waals surface area (Å²) in [5, 5.41) is 1.10. The number of hydrogen-bond donors (Lipinski definition) is 1. The van der Waals surface area contributed by atoms with Gasteiger partial charge in [-0.1, -0.05) is 12.1 Å². The summed E-state index contributed by atoms with van der Waals surface area (Å²) in [5.41, 5.74) is 8.65. The van der Waals surface area contributed by atoms with Crippen LogP contribution in [0.15, 0.2) is 24.3 Å². The summed E-state index contributed by atoms with van der Waals surface area (Å²) in [5.74, 6) is 0.800. The highest BCUT2D eigenvalue weighted by Gasteiger charge is 2.10. The van der Waals surface area contributed by atoms with E-state index < -0.39 is 0 Å². The summed E-state index contributed by atoms with van der Waals surface area (Å²) in [6, 6.07) is 8.07. The number of pyridine rings is 1. The maximum atomic E-state index is 5.62. The van der Waals surface area contributed by atoms with Gasteiger partial charge in [0.05, 0.1) is 7.11 Å². The van der Waals surface area contributed by atoms with Crippen LogP contribution in [-0.4, -0.2) is 32.7 Å². The van der Waals surface area contributed by atoms with E-state index in [2.05, 4.69) is 22.0 Å². The van der Waals surface area contributed by atoms with Gasteiger partial charge in [-0.2, -0.15) is 0 Å². The third-order valence-corrected chi connectivity index (χ3v) is 2.94. The highest BCUT2D eigenvalue weighted by molar-refractivity contribution is 5.95. The van der Waals surface area contributed by atoms with Crippen molar-refractivity contribution in [2.24, 2.45) is 5.73 Å². The lowest BCUT2D eigenvalue weighted by Crippen LogP contribution is -2.12. The van der Waals surface area contributed by atoms with Gasteiger partial charge in [0.2, 0.25) is 0 Å². The van der Waals surface area contributed by atoms with E-state index in [9.17, 15) is 0 Å². The Kier molecular flexibility index (Phi) is 3.67. The van der Waals surface area contributed by atoms with Gasteiger partial charge in [0.25, 0.3) is 0 Å². The predicted molar refractivity (Wildman–Crippen MR) is 75.4 cm³/mol. The average molecular weight is 245 g/mol. The monoisotopic (exact) mass is 245 g/mol. The predicted octanol–water partition coefficient (Wildman–Crippen LogP) is 1.81. The van der Waals surface area contributed by atoms with Crippen LogP contribution in [0.5, 0.6) is 5.75 Å². The van der Waals surface area contributed by atoms with Crippen molar-refractivity contribution in [3.8, 4) is 5.75 Å². The third kappa shape index (κ3) is 2.24. The first kappa shape index (κ1) is 12.6. The Morgan fingerprint density at radius 3 is 2.72 bits per heavy atom. The minimum absolute atomic E-state index is 0.598. The van der Waals surface area contributed by atoms with Crippen LogP contribution in [0.4, 0.5) is 5.69 Å². The van der Waals surface area contributed by atoms with Crippen molar-refractivity contribution in [1.29, 1.82) is 0 Å². The summed E-state index contributed by atoms with van der Waals surface area (Å²) >= 11 is 0. The zero-order valence-electron chi connectivity index (χ0n) is 11.1. The van der Waals surface area contributed by atoms with Gasteiger partial charge in [0.1, 0.15) is 11.3 Å². The molecule has 0 amide bonds. The number of para-hydroxylation sites is 1. The summed E-state index contributed by atoms with van der Waals surface area (Å²) in [7, 11) is 5.72. The number of fused-ring (bicyclic) bond motifs is 1. The van der Waals surface area contributed by atoms with Crippen molar-refractivity contribution >= 4 is 16.6 Å². The number of nitrogens with two attached hydrogens (primary N) is 1. The topological polar surface area (TPSA) is 51.4 Å². The van der Waals surface area contributed by atoms with E-state index in [0.29, 0.717) is 6.54 Å². The molecule has 1 heterocycles. The zero-order chi connectivity index (χ0) is 13.1. The first-order chi connectivity index (χ1) is 8.67. The molecule has 18 heavy (non-hydrogen) atoms. The lowest BCUT2D eigenvalue weighted by Gasteiger charge is -2.17. The Balaban J connectivity index is 2.72. The molecule has 0 saturated heterocycles. The van der Waals surface area contributed by atoms with Crippen LogP contribution in [0.25, 0.3) is 10.9 Å². The molecule has 0 spiro atoms. The second-order valence-corrected chi connectivity index (χ2v) is 4.42. The van der Waals surface area contributed by atoms with Gasteiger partial charge in [-0.25, -0.2) is 4.98 Å². The SMILES string of the molecule is COc1cccc2c(N(C)C)cc(CCN)nc12. The fourth-order valence-corrected chi connectivity index (χ4v) is 2.07. The van der Waals surface area contributed by atoms with Crippen molar-refractivity contribution in [3.63, 3.8) is 0 Å². The van der Waals surface area contributed by atoms with Crippen molar-refractivity contribution in [2.45, 2.75) is 6.42 Å². The maximum Gasteiger partial charge on any atom is 0.145 e. The zero-order valence-corrected chi connectivity index (χ0v) is 11.1. The molecule has 4 nitrogen and oxygen atoms in total. The quantitative estimate of drug-likeness (QED) is 0.892. The molecular formula is C14H19N3O. The molecule has 2 rings (SSSR count). The normalized spacial score (nSPS) is 10.7. The Morgan fingerprint density at radius 2 is 2.11 bits per heavy atom. The average Bonchev–Trinajstić information content (AvgIpc) is 2.37. The second kappa shape index (κ2) is 5.23. The first-order valence-corrected chi connectivity index (χ1v) is 6.01. The number of aromatic nitrogens is 1. The number of benzene rings is 1. The van der Waals surface area contributed by atoms with E-state index in [0.717, 1.165) is 34.5 Å². The van der Waals surface area contributed by atoms with E-state index >= 15 is 0 Å². The maximum absolute atomic E-state index is 5.62. The number of anilines is 1. The van der Waals surface area contributed by atoms with Crippen LogP contribution < -0.4 is 15.4 Å². The standard InChI is InChI=1S/C14H19N3O/c1-17(2)12-9-10(7-8-15)16-14-11(12)5-4-6-13(14)18-3/h4-6,9H,7-8,15H2,1-3H3. The van der Waals surface area contributed by atoms with Gasteiger partial charge in [0, 0.05) is 37.3 Å². The summed E-state index contributed by atoms with van der Waals surface area (Å²) in [6.45, 7) is 0.598. The van der Waals surface area contributed by atoms with Crippen LogP contribution in [0.1, 0.15) is 5.69 Å². The lowest BCUT2D eigenvalue weighted by molar-refractivity contribution is 0.419. The van der Waals surface area contributed by atoms with Crippen LogP contribution in [0.3, 0.4) is 0 Å². The van der Waals surface area contributed by atoms with Gasteiger partial charge >= 0.3 is 0 Å². The van der Waals surface area contributed by atoms with E-state index in [4.69, 9.17) is 10.5 Å². The third-order valence-electron chi connectivity index (χ3n) is 2.94. The van der Waals surface area contributed by atoms with Gasteiger partial charge in [-0.15, -0.1) is 0 Å². The minimum atomic E-state index is 0.598. The molecule has 1 aromatic carbocycles. The van der Waals surface area contributed by atoms with Gasteiger partial charge in [-0.3, -0.25) is 0 Å². The first-order valence-electron chi connectivity index (χ1n) is 6.01. The van der Waals surface area contributed by atoms with E-state index in [-0.39, 0.29) is 0 Å². The van der Waals surface area contributed by atoms with Crippen LogP contribution in [0, 0.1) is 0 Å². The van der Waals surface area contributed by atoms with Crippen LogP contribution >= 0.6 is 0 Å². The molecule has 96 valence electrons. The Morgan fingerprint density at radius 1 is 1.33 bits per heavy atom. The Bertz CT molecular complexity index is 552. The number of nitrogens with zero attached hydrogens (tertiary/aromatic N) is 2. The van der Waals surface area contributed by atoms with Crippen LogP contribution in [-0.2, 0) is 6.42 Å². The fourth-order valence-electron chi connectivity index (χ4n) is 2.07. The molecule has 0 fully saturated rings. The number of rotatable bonds is 4. The summed E-state index contributed by atoms with van der Waals surface area (Å²) in [6.07, 6.45) is 0.773. The van der Waals surface area contributed by atoms with Crippen molar-refractivity contribution in [3.05, 3.63) is 30.0 Å². The summed E-state index contributed by atoms with van der Waals surface area (Å²) in [4.78, 5) is 6.73. The molecule has 0 radical (unpaired) electrons. The fraction of sp³-hybridized carbons (Fsp3) is 0.357. The van der Waals surface area contributed by atoms with Gasteiger partial charge < -0.3 is 15.4 Å². The molecule has 0 atom stereocenters. The van der Waals surface area contributed by atoms with E-state index in [1.54, 1.807) is 7.11 Å². The molecule has 0 aliphatic rings.